The lowest BCUT2D eigenvalue weighted by Crippen LogP contribution is -2.07. The number of carbonyl (C=O) groups excluding carboxylic acids is 1. The van der Waals surface area contributed by atoms with Crippen LogP contribution >= 0.6 is 0 Å². The van der Waals surface area contributed by atoms with Crippen LogP contribution in [0.2, 0.25) is 0 Å². The molecule has 0 atom stereocenters. The summed E-state index contributed by atoms with van der Waals surface area (Å²) in [6.45, 7) is 3.42. The molecule has 108 valence electrons. The van der Waals surface area contributed by atoms with Crippen LogP contribution in [-0.4, -0.2) is 15.9 Å². The highest BCUT2D eigenvalue weighted by molar-refractivity contribution is 6.00. The first-order valence-corrected chi connectivity index (χ1v) is 6.67. The Morgan fingerprint density at radius 2 is 1.95 bits per heavy atom. The number of para-hydroxylation sites is 1. The standard InChI is InChI=1S/C17H13N3O2/c1-2-16(21)20-12-8-9-14-15(10-12)18-11-19-17(14)22-13-6-4-3-5-7-13/h2-11H,1H2,(H,20,21). The highest BCUT2D eigenvalue weighted by Crippen LogP contribution is 2.28. The first-order chi connectivity index (χ1) is 10.8. The molecule has 3 aromatic rings. The van der Waals surface area contributed by atoms with Gasteiger partial charge in [-0.3, -0.25) is 4.79 Å². The number of nitrogens with one attached hydrogen (secondary N) is 1. The maximum absolute atomic E-state index is 11.3. The molecule has 0 saturated carbocycles. The van der Waals surface area contributed by atoms with Crippen molar-refractivity contribution < 1.29 is 9.53 Å². The number of hydrogen-bond donors (Lipinski definition) is 1. The number of nitrogens with zero attached hydrogens (tertiary/aromatic N) is 2. The van der Waals surface area contributed by atoms with Crippen molar-refractivity contribution in [2.75, 3.05) is 5.32 Å². The van der Waals surface area contributed by atoms with Crippen molar-refractivity contribution in [3.8, 4) is 11.6 Å². The summed E-state index contributed by atoms with van der Waals surface area (Å²) >= 11 is 0. The van der Waals surface area contributed by atoms with E-state index in [1.807, 2.05) is 36.4 Å². The second-order valence-corrected chi connectivity index (χ2v) is 4.52. The van der Waals surface area contributed by atoms with Gasteiger partial charge in [0.1, 0.15) is 12.1 Å². The Balaban J connectivity index is 1.95. The molecular formula is C17H13N3O2. The van der Waals surface area contributed by atoms with Crippen molar-refractivity contribution in [3.63, 3.8) is 0 Å². The van der Waals surface area contributed by atoms with E-state index in [0.29, 0.717) is 22.8 Å². The zero-order chi connectivity index (χ0) is 15.4. The van der Waals surface area contributed by atoms with Crippen LogP contribution < -0.4 is 10.1 Å². The lowest BCUT2D eigenvalue weighted by atomic mass is 10.2. The first kappa shape index (κ1) is 13.8. The van der Waals surface area contributed by atoms with E-state index in [-0.39, 0.29) is 5.91 Å². The van der Waals surface area contributed by atoms with Crippen LogP contribution in [0.5, 0.6) is 11.6 Å². The quantitative estimate of drug-likeness (QED) is 0.747. The Morgan fingerprint density at radius 3 is 2.73 bits per heavy atom. The van der Waals surface area contributed by atoms with Crippen molar-refractivity contribution in [2.45, 2.75) is 0 Å². The summed E-state index contributed by atoms with van der Waals surface area (Å²) in [5.41, 5.74) is 1.32. The van der Waals surface area contributed by atoms with Crippen molar-refractivity contribution >= 4 is 22.5 Å². The fourth-order valence-electron chi connectivity index (χ4n) is 1.98. The van der Waals surface area contributed by atoms with Gasteiger partial charge >= 0.3 is 0 Å². The van der Waals surface area contributed by atoms with Gasteiger partial charge < -0.3 is 10.1 Å². The second-order valence-electron chi connectivity index (χ2n) is 4.52. The van der Waals surface area contributed by atoms with E-state index in [1.54, 1.807) is 12.1 Å². The molecule has 2 aromatic carbocycles. The van der Waals surface area contributed by atoms with E-state index >= 15 is 0 Å². The van der Waals surface area contributed by atoms with E-state index in [1.165, 1.54) is 12.4 Å². The molecule has 1 N–H and O–H groups in total. The summed E-state index contributed by atoms with van der Waals surface area (Å²) in [4.78, 5) is 19.7. The van der Waals surface area contributed by atoms with Crippen LogP contribution in [0.25, 0.3) is 10.9 Å². The summed E-state index contributed by atoms with van der Waals surface area (Å²) in [5.74, 6) is 0.901. The predicted molar refractivity (Wildman–Crippen MR) is 84.9 cm³/mol. The van der Waals surface area contributed by atoms with E-state index in [2.05, 4.69) is 21.9 Å². The molecule has 0 bridgehead atoms. The van der Waals surface area contributed by atoms with Crippen LogP contribution in [0.4, 0.5) is 5.69 Å². The number of rotatable bonds is 4. The Labute approximate surface area is 127 Å². The Kier molecular flexibility index (Phi) is 3.78. The molecule has 1 amide bonds. The number of aromatic nitrogens is 2. The summed E-state index contributed by atoms with van der Waals surface area (Å²) < 4.78 is 5.78. The summed E-state index contributed by atoms with van der Waals surface area (Å²) in [6.07, 6.45) is 2.65. The lowest BCUT2D eigenvalue weighted by Gasteiger charge is -2.08. The third-order valence-corrected chi connectivity index (χ3v) is 3.01. The van der Waals surface area contributed by atoms with Gasteiger partial charge in [-0.25, -0.2) is 9.97 Å². The molecule has 3 rings (SSSR count). The number of ether oxygens (including phenoxy) is 1. The van der Waals surface area contributed by atoms with Gasteiger partial charge in [-0.1, -0.05) is 24.8 Å². The third kappa shape index (κ3) is 2.93. The average molecular weight is 291 g/mol. The molecule has 5 heteroatoms. The van der Waals surface area contributed by atoms with E-state index in [0.717, 1.165) is 5.39 Å². The fourth-order valence-corrected chi connectivity index (χ4v) is 1.98. The smallest absolute Gasteiger partial charge is 0.247 e. The van der Waals surface area contributed by atoms with Gasteiger partial charge in [0, 0.05) is 5.69 Å². The molecule has 5 nitrogen and oxygen atoms in total. The molecule has 22 heavy (non-hydrogen) atoms. The Hall–Kier alpha value is -3.21. The maximum Gasteiger partial charge on any atom is 0.247 e. The SMILES string of the molecule is C=CC(=O)Nc1ccc2c(Oc3ccccc3)ncnc2c1. The van der Waals surface area contributed by atoms with Gasteiger partial charge in [0.05, 0.1) is 10.9 Å². The van der Waals surface area contributed by atoms with Crippen molar-refractivity contribution in [2.24, 2.45) is 0 Å². The minimum atomic E-state index is -0.269. The average Bonchev–Trinajstić information content (AvgIpc) is 2.56. The molecule has 0 aliphatic rings. The fraction of sp³-hybridized carbons (Fsp3) is 0. The highest BCUT2D eigenvalue weighted by Gasteiger charge is 2.07. The molecular weight excluding hydrogens is 278 g/mol. The normalized spacial score (nSPS) is 10.2. The third-order valence-electron chi connectivity index (χ3n) is 3.01. The number of carbonyl (C=O) groups is 1. The molecule has 1 heterocycles. The van der Waals surface area contributed by atoms with Gasteiger partial charge in [-0.05, 0) is 36.4 Å². The van der Waals surface area contributed by atoms with Crippen molar-refractivity contribution in [3.05, 3.63) is 67.5 Å². The van der Waals surface area contributed by atoms with Gasteiger partial charge in [-0.2, -0.15) is 0 Å². The molecule has 1 aromatic heterocycles. The zero-order valence-electron chi connectivity index (χ0n) is 11.7. The van der Waals surface area contributed by atoms with E-state index in [9.17, 15) is 4.79 Å². The van der Waals surface area contributed by atoms with E-state index < -0.39 is 0 Å². The number of benzene rings is 2. The first-order valence-electron chi connectivity index (χ1n) is 6.67. The zero-order valence-corrected chi connectivity index (χ0v) is 11.7. The Bertz CT molecular complexity index is 832. The summed E-state index contributed by atoms with van der Waals surface area (Å²) in [5, 5.41) is 3.46. The number of hydrogen-bond acceptors (Lipinski definition) is 4. The molecule has 0 radical (unpaired) electrons. The molecule has 0 aliphatic carbocycles. The Morgan fingerprint density at radius 1 is 1.14 bits per heavy atom. The summed E-state index contributed by atoms with van der Waals surface area (Å²) in [7, 11) is 0. The van der Waals surface area contributed by atoms with Gasteiger partial charge in [-0.15, -0.1) is 0 Å². The molecule has 0 aliphatic heterocycles. The number of anilines is 1. The van der Waals surface area contributed by atoms with Crippen molar-refractivity contribution in [1.29, 1.82) is 0 Å². The van der Waals surface area contributed by atoms with Crippen molar-refractivity contribution in [1.82, 2.24) is 9.97 Å². The van der Waals surface area contributed by atoms with Crippen LogP contribution in [0.1, 0.15) is 0 Å². The minimum absolute atomic E-state index is 0.269. The van der Waals surface area contributed by atoms with Crippen LogP contribution in [0, 0.1) is 0 Å². The number of fused-ring (bicyclic) bond motifs is 1. The largest absolute Gasteiger partial charge is 0.438 e. The van der Waals surface area contributed by atoms with Gasteiger partial charge in [0.15, 0.2) is 0 Å². The lowest BCUT2D eigenvalue weighted by molar-refractivity contribution is -0.111. The minimum Gasteiger partial charge on any atom is -0.438 e. The molecule has 0 fully saturated rings. The molecule has 0 saturated heterocycles. The van der Waals surface area contributed by atoms with Crippen LogP contribution in [0.15, 0.2) is 67.5 Å². The van der Waals surface area contributed by atoms with Crippen LogP contribution in [-0.2, 0) is 4.79 Å². The van der Waals surface area contributed by atoms with Crippen LogP contribution in [0.3, 0.4) is 0 Å². The summed E-state index contributed by atoms with van der Waals surface area (Å²) in [6, 6.07) is 14.7. The molecule has 0 spiro atoms. The molecule has 0 unspecified atom stereocenters. The monoisotopic (exact) mass is 291 g/mol. The number of amides is 1. The van der Waals surface area contributed by atoms with Gasteiger partial charge in [0.2, 0.25) is 11.8 Å². The maximum atomic E-state index is 11.3. The highest BCUT2D eigenvalue weighted by atomic mass is 16.5. The predicted octanol–water partition coefficient (Wildman–Crippen LogP) is 3.55. The van der Waals surface area contributed by atoms with E-state index in [4.69, 9.17) is 4.74 Å². The van der Waals surface area contributed by atoms with Gasteiger partial charge in [0.25, 0.3) is 0 Å². The topological polar surface area (TPSA) is 64.1 Å². The second kappa shape index (κ2) is 6.05.